The van der Waals surface area contributed by atoms with E-state index >= 15 is 0 Å². The zero-order valence-electron chi connectivity index (χ0n) is 20.8. The summed E-state index contributed by atoms with van der Waals surface area (Å²) in [6.07, 6.45) is 0. The highest BCUT2D eigenvalue weighted by Crippen LogP contribution is 2.54. The summed E-state index contributed by atoms with van der Waals surface area (Å²) in [6, 6.07) is 55.3. The molecule has 0 aliphatic heterocycles. The number of rotatable bonds is 11. The molecule has 0 saturated carbocycles. The zero-order valence-corrected chi connectivity index (χ0v) is 23.4. The van der Waals surface area contributed by atoms with Crippen molar-refractivity contribution in [1.82, 2.24) is 4.44 Å². The third kappa shape index (κ3) is 6.98. The van der Waals surface area contributed by atoms with Gasteiger partial charge in [0, 0.05) is 34.2 Å². The first-order valence-electron chi connectivity index (χ1n) is 12.6. The predicted molar refractivity (Wildman–Crippen MR) is 167 cm³/mol. The van der Waals surface area contributed by atoms with Gasteiger partial charge in [-0.1, -0.05) is 152 Å². The molecule has 4 heteroatoms. The Kier molecular flexibility index (Phi) is 9.60. The zero-order chi connectivity index (χ0) is 25.1. The largest absolute Gasteiger partial charge is 0.244 e. The molecule has 0 spiro atoms. The van der Waals surface area contributed by atoms with Gasteiger partial charge >= 0.3 is 0 Å². The maximum atomic E-state index is 2.83. The van der Waals surface area contributed by atoms with Gasteiger partial charge in [0.15, 0.2) is 0 Å². The van der Waals surface area contributed by atoms with Gasteiger partial charge in [0.2, 0.25) is 0 Å². The molecule has 0 atom stereocenters. The first-order chi connectivity index (χ1) is 18.4. The van der Waals surface area contributed by atoms with Crippen molar-refractivity contribution in [3.8, 4) is 0 Å². The summed E-state index contributed by atoms with van der Waals surface area (Å²) in [6.45, 7) is 1.02. The highest BCUT2D eigenvalue weighted by atomic mass is 32.2. The topological polar surface area (TPSA) is 3.24 Å². The fraction of sp³-hybridized carbons (Fsp3) is 0.0909. The molecular formula is C33H31NP2S. The quantitative estimate of drug-likeness (QED) is 0.129. The standard InChI is InChI=1S/C33H31NP2S/c1-6-16-29(17-7-1)28-37-27-26-34(35(30-18-8-2-9-19-30)31-20-10-3-11-21-31)36(32-22-12-4-13-23-32)33-24-14-5-15-25-33/h1-25H,26-28H2. The molecule has 5 rings (SSSR count). The Labute approximate surface area is 228 Å². The lowest BCUT2D eigenvalue weighted by Gasteiger charge is -2.39. The Hall–Kier alpha value is -2.73. The molecule has 37 heavy (non-hydrogen) atoms. The van der Waals surface area contributed by atoms with Crippen molar-refractivity contribution in [3.63, 3.8) is 0 Å². The van der Waals surface area contributed by atoms with Crippen LogP contribution in [0, 0.1) is 0 Å². The molecule has 1 nitrogen and oxygen atoms in total. The van der Waals surface area contributed by atoms with Gasteiger partial charge in [-0.25, -0.2) is 4.44 Å². The smallest absolute Gasteiger partial charge is 0.0323 e. The molecule has 0 aromatic heterocycles. The van der Waals surface area contributed by atoms with Crippen LogP contribution < -0.4 is 21.2 Å². The van der Waals surface area contributed by atoms with Crippen LogP contribution in [0.3, 0.4) is 0 Å². The highest BCUT2D eigenvalue weighted by molar-refractivity contribution is 7.98. The molecule has 5 aromatic carbocycles. The Bertz CT molecular complexity index is 1160. The molecule has 184 valence electrons. The van der Waals surface area contributed by atoms with E-state index < -0.39 is 16.1 Å². The van der Waals surface area contributed by atoms with Crippen LogP contribution in [0.25, 0.3) is 0 Å². The molecule has 0 radical (unpaired) electrons. The maximum Gasteiger partial charge on any atom is 0.0323 e. The fourth-order valence-corrected chi connectivity index (χ4v) is 11.5. The van der Waals surface area contributed by atoms with Crippen molar-refractivity contribution in [2.24, 2.45) is 0 Å². The summed E-state index contributed by atoms with van der Waals surface area (Å²) in [5.41, 5.74) is 1.39. The van der Waals surface area contributed by atoms with Crippen molar-refractivity contribution in [2.45, 2.75) is 5.75 Å². The van der Waals surface area contributed by atoms with Crippen LogP contribution in [0.15, 0.2) is 152 Å². The summed E-state index contributed by atoms with van der Waals surface area (Å²) in [5.74, 6) is 2.11. The first kappa shape index (κ1) is 25.9. The second-order valence-corrected chi connectivity index (χ2v) is 14.3. The lowest BCUT2D eigenvalue weighted by Crippen LogP contribution is -2.33. The van der Waals surface area contributed by atoms with Crippen LogP contribution in [0.2, 0.25) is 0 Å². The molecule has 0 aliphatic carbocycles. The molecule has 0 unspecified atom stereocenters. The monoisotopic (exact) mass is 535 g/mol. The van der Waals surface area contributed by atoms with Gasteiger partial charge in [-0.2, -0.15) is 11.8 Å². The molecule has 0 bridgehead atoms. The van der Waals surface area contributed by atoms with Crippen LogP contribution in [0.5, 0.6) is 0 Å². The molecule has 0 saturated heterocycles. The summed E-state index contributed by atoms with van der Waals surface area (Å²) in [7, 11) is -1.45. The summed E-state index contributed by atoms with van der Waals surface area (Å²) >= 11 is 2.03. The van der Waals surface area contributed by atoms with E-state index in [0.717, 1.165) is 18.1 Å². The van der Waals surface area contributed by atoms with Crippen LogP contribution in [0.1, 0.15) is 5.56 Å². The van der Waals surface area contributed by atoms with Gasteiger partial charge in [0.25, 0.3) is 0 Å². The summed E-state index contributed by atoms with van der Waals surface area (Å²) in [5, 5.41) is 5.60. The van der Waals surface area contributed by atoms with Crippen molar-refractivity contribution < 1.29 is 0 Å². The van der Waals surface area contributed by atoms with E-state index in [2.05, 4.69) is 156 Å². The van der Waals surface area contributed by atoms with E-state index in [1.807, 2.05) is 11.8 Å². The van der Waals surface area contributed by atoms with Gasteiger partial charge < -0.3 is 0 Å². The lowest BCUT2D eigenvalue weighted by molar-refractivity contribution is 0.771. The number of thioether (sulfide) groups is 1. The lowest BCUT2D eigenvalue weighted by atomic mass is 10.2. The Morgan fingerprint density at radius 2 is 0.757 bits per heavy atom. The minimum absolute atomic E-state index is 0.723. The number of hydrogen-bond donors (Lipinski definition) is 0. The average Bonchev–Trinajstić information content (AvgIpc) is 2.98. The maximum absolute atomic E-state index is 2.83. The molecule has 0 amide bonds. The van der Waals surface area contributed by atoms with Crippen molar-refractivity contribution >= 4 is 49.1 Å². The van der Waals surface area contributed by atoms with Crippen LogP contribution >= 0.6 is 27.9 Å². The summed E-state index contributed by atoms with van der Waals surface area (Å²) in [4.78, 5) is 0. The van der Waals surface area contributed by atoms with Gasteiger partial charge in [-0.3, -0.25) is 0 Å². The highest BCUT2D eigenvalue weighted by Gasteiger charge is 2.31. The molecular weight excluding hydrogens is 504 g/mol. The van der Waals surface area contributed by atoms with E-state index in [-0.39, 0.29) is 0 Å². The molecule has 0 fully saturated rings. The molecule has 0 N–H and O–H groups in total. The van der Waals surface area contributed by atoms with Crippen molar-refractivity contribution in [3.05, 3.63) is 157 Å². The Morgan fingerprint density at radius 3 is 1.11 bits per heavy atom. The molecule has 5 aromatic rings. The number of benzene rings is 5. The average molecular weight is 536 g/mol. The van der Waals surface area contributed by atoms with Crippen LogP contribution in [-0.4, -0.2) is 16.7 Å². The van der Waals surface area contributed by atoms with Crippen molar-refractivity contribution in [2.75, 3.05) is 12.3 Å². The normalized spacial score (nSPS) is 11.3. The van der Waals surface area contributed by atoms with Crippen LogP contribution in [-0.2, 0) is 5.75 Å². The van der Waals surface area contributed by atoms with Gasteiger partial charge in [0.1, 0.15) is 0 Å². The van der Waals surface area contributed by atoms with Gasteiger partial charge in [-0.15, -0.1) is 0 Å². The second kappa shape index (κ2) is 13.7. The van der Waals surface area contributed by atoms with E-state index in [9.17, 15) is 0 Å². The van der Waals surface area contributed by atoms with E-state index in [4.69, 9.17) is 0 Å². The fourth-order valence-electron chi connectivity index (χ4n) is 4.31. The first-order valence-corrected chi connectivity index (χ1v) is 16.3. The number of hydrogen-bond acceptors (Lipinski definition) is 2. The third-order valence-corrected chi connectivity index (χ3v) is 12.6. The predicted octanol–water partition coefficient (Wildman–Crippen LogP) is 7.32. The second-order valence-electron chi connectivity index (χ2n) is 8.60. The van der Waals surface area contributed by atoms with Gasteiger partial charge in [0.05, 0.1) is 0 Å². The Balaban J connectivity index is 1.56. The van der Waals surface area contributed by atoms with E-state index in [1.165, 1.54) is 26.8 Å². The van der Waals surface area contributed by atoms with Crippen molar-refractivity contribution in [1.29, 1.82) is 0 Å². The Morgan fingerprint density at radius 1 is 0.432 bits per heavy atom. The SMILES string of the molecule is c1ccc(CSCCN(P(c2ccccc2)c2ccccc2)P(c2ccccc2)c2ccccc2)cc1. The van der Waals surface area contributed by atoms with E-state index in [0.29, 0.717) is 0 Å². The van der Waals surface area contributed by atoms with E-state index in [1.54, 1.807) is 0 Å². The molecule has 0 heterocycles. The van der Waals surface area contributed by atoms with Gasteiger partial charge in [-0.05, 0) is 26.8 Å². The minimum Gasteiger partial charge on any atom is -0.244 e. The van der Waals surface area contributed by atoms with Crippen LogP contribution in [0.4, 0.5) is 0 Å². The minimum atomic E-state index is -0.723. The molecule has 0 aliphatic rings. The summed E-state index contributed by atoms with van der Waals surface area (Å²) < 4.78 is 2.83. The third-order valence-electron chi connectivity index (χ3n) is 6.01. The number of nitrogens with zero attached hydrogens (tertiary/aromatic N) is 1.